The van der Waals surface area contributed by atoms with Gasteiger partial charge in [-0.05, 0) is 19.8 Å². The van der Waals surface area contributed by atoms with Crippen LogP contribution in [-0.2, 0) is 26.4 Å². The van der Waals surface area contributed by atoms with E-state index in [0.29, 0.717) is 6.54 Å². The second kappa shape index (κ2) is 6.56. The molecule has 114 valence electrons. The highest BCUT2D eigenvalue weighted by molar-refractivity contribution is 5.40. The van der Waals surface area contributed by atoms with E-state index in [1.54, 1.807) is 11.8 Å². The third kappa shape index (κ3) is 3.32. The SMILES string of the molecule is CCc1cc(NCc2c(CC)nn(C)c2OC)nc(C)n1. The number of hydrogen-bond acceptors (Lipinski definition) is 5. The molecule has 6 heteroatoms. The van der Waals surface area contributed by atoms with Crippen molar-refractivity contribution in [3.8, 4) is 5.88 Å². The molecule has 2 aromatic heterocycles. The van der Waals surface area contributed by atoms with Gasteiger partial charge in [0.05, 0.1) is 18.4 Å². The zero-order valence-corrected chi connectivity index (χ0v) is 13.4. The van der Waals surface area contributed by atoms with Gasteiger partial charge in [0.2, 0.25) is 5.88 Å². The summed E-state index contributed by atoms with van der Waals surface area (Å²) >= 11 is 0. The highest BCUT2D eigenvalue weighted by Gasteiger charge is 2.15. The fourth-order valence-electron chi connectivity index (χ4n) is 2.40. The van der Waals surface area contributed by atoms with E-state index in [-0.39, 0.29) is 0 Å². The van der Waals surface area contributed by atoms with Crippen LogP contribution in [0.4, 0.5) is 5.82 Å². The lowest BCUT2D eigenvalue weighted by Gasteiger charge is -2.09. The van der Waals surface area contributed by atoms with Crippen LogP contribution >= 0.6 is 0 Å². The molecule has 0 aromatic carbocycles. The van der Waals surface area contributed by atoms with Gasteiger partial charge in [0.1, 0.15) is 11.6 Å². The number of nitrogens with zero attached hydrogens (tertiary/aromatic N) is 4. The van der Waals surface area contributed by atoms with Crippen molar-refractivity contribution >= 4 is 5.82 Å². The molecular weight excluding hydrogens is 266 g/mol. The number of anilines is 1. The predicted molar refractivity (Wildman–Crippen MR) is 82.6 cm³/mol. The summed E-state index contributed by atoms with van der Waals surface area (Å²) in [6, 6.07) is 1.99. The molecule has 0 aliphatic heterocycles. The number of aryl methyl sites for hydroxylation is 4. The summed E-state index contributed by atoms with van der Waals surface area (Å²) in [5.74, 6) is 2.42. The standard InChI is InChI=1S/C15H23N5O/c1-6-11-8-14(18-10(3)17-11)16-9-12-13(7-2)19-20(4)15(12)21-5/h8H,6-7,9H2,1-5H3,(H,16,17,18). The molecule has 0 unspecified atom stereocenters. The van der Waals surface area contributed by atoms with Crippen molar-refractivity contribution in [3.63, 3.8) is 0 Å². The summed E-state index contributed by atoms with van der Waals surface area (Å²) in [6.07, 6.45) is 1.77. The van der Waals surface area contributed by atoms with E-state index in [1.807, 2.05) is 20.0 Å². The molecule has 0 saturated carbocycles. The summed E-state index contributed by atoms with van der Waals surface area (Å²) in [4.78, 5) is 8.81. The molecule has 2 aromatic rings. The fraction of sp³-hybridized carbons (Fsp3) is 0.533. The van der Waals surface area contributed by atoms with Crippen LogP contribution in [0.2, 0.25) is 0 Å². The lowest BCUT2D eigenvalue weighted by molar-refractivity contribution is 0.369. The molecule has 1 N–H and O–H groups in total. The lowest BCUT2D eigenvalue weighted by Crippen LogP contribution is -2.07. The van der Waals surface area contributed by atoms with Crippen LogP contribution in [0.15, 0.2) is 6.07 Å². The van der Waals surface area contributed by atoms with E-state index in [4.69, 9.17) is 4.74 Å². The van der Waals surface area contributed by atoms with Crippen LogP contribution < -0.4 is 10.1 Å². The molecule has 2 rings (SSSR count). The zero-order chi connectivity index (χ0) is 15.4. The molecular formula is C15H23N5O. The molecule has 0 atom stereocenters. The van der Waals surface area contributed by atoms with Gasteiger partial charge in [0.25, 0.3) is 0 Å². The first-order valence-electron chi connectivity index (χ1n) is 7.26. The molecule has 0 fully saturated rings. The molecule has 0 radical (unpaired) electrons. The number of nitrogens with one attached hydrogen (secondary N) is 1. The maximum absolute atomic E-state index is 5.44. The number of aromatic nitrogens is 4. The molecule has 0 saturated heterocycles. The summed E-state index contributed by atoms with van der Waals surface area (Å²) in [5.41, 5.74) is 3.17. The zero-order valence-electron chi connectivity index (χ0n) is 13.4. The molecule has 0 spiro atoms. The molecule has 0 amide bonds. The van der Waals surface area contributed by atoms with Crippen LogP contribution in [0.25, 0.3) is 0 Å². The van der Waals surface area contributed by atoms with Crippen LogP contribution in [0.3, 0.4) is 0 Å². The Morgan fingerprint density at radius 3 is 2.62 bits per heavy atom. The minimum absolute atomic E-state index is 0.639. The van der Waals surface area contributed by atoms with Crippen molar-refractivity contribution in [1.82, 2.24) is 19.7 Å². The van der Waals surface area contributed by atoms with E-state index in [2.05, 4.69) is 34.2 Å². The summed E-state index contributed by atoms with van der Waals surface area (Å²) in [6.45, 7) is 6.73. The number of rotatable bonds is 6. The van der Waals surface area contributed by atoms with E-state index < -0.39 is 0 Å². The van der Waals surface area contributed by atoms with E-state index in [0.717, 1.165) is 47.3 Å². The van der Waals surface area contributed by atoms with Crippen LogP contribution in [0, 0.1) is 6.92 Å². The van der Waals surface area contributed by atoms with E-state index >= 15 is 0 Å². The Morgan fingerprint density at radius 1 is 1.24 bits per heavy atom. The van der Waals surface area contributed by atoms with Crippen molar-refractivity contribution < 1.29 is 4.74 Å². The topological polar surface area (TPSA) is 64.9 Å². The summed E-state index contributed by atoms with van der Waals surface area (Å²) < 4.78 is 7.22. The van der Waals surface area contributed by atoms with E-state index in [1.165, 1.54) is 0 Å². The van der Waals surface area contributed by atoms with E-state index in [9.17, 15) is 0 Å². The van der Waals surface area contributed by atoms with Gasteiger partial charge in [0.15, 0.2) is 0 Å². The minimum Gasteiger partial charge on any atom is -0.481 e. The van der Waals surface area contributed by atoms with Gasteiger partial charge in [-0.15, -0.1) is 0 Å². The molecule has 21 heavy (non-hydrogen) atoms. The van der Waals surface area contributed by atoms with Gasteiger partial charge in [-0.3, -0.25) is 0 Å². The molecule has 6 nitrogen and oxygen atoms in total. The molecule has 2 heterocycles. The first-order valence-corrected chi connectivity index (χ1v) is 7.26. The first-order chi connectivity index (χ1) is 10.1. The van der Waals surface area contributed by atoms with Gasteiger partial charge >= 0.3 is 0 Å². The number of methoxy groups -OCH3 is 1. The highest BCUT2D eigenvalue weighted by Crippen LogP contribution is 2.23. The van der Waals surface area contributed by atoms with Crippen LogP contribution in [-0.4, -0.2) is 26.9 Å². The summed E-state index contributed by atoms with van der Waals surface area (Å²) in [7, 11) is 3.56. The fourth-order valence-corrected chi connectivity index (χ4v) is 2.40. The lowest BCUT2D eigenvalue weighted by atomic mass is 10.2. The van der Waals surface area contributed by atoms with Crippen molar-refractivity contribution in [2.24, 2.45) is 7.05 Å². The Balaban J connectivity index is 2.22. The van der Waals surface area contributed by atoms with Crippen LogP contribution in [0.1, 0.15) is 36.6 Å². The van der Waals surface area contributed by atoms with Crippen LogP contribution in [0.5, 0.6) is 5.88 Å². The van der Waals surface area contributed by atoms with Crippen molar-refractivity contribution in [2.45, 2.75) is 40.2 Å². The predicted octanol–water partition coefficient (Wildman–Crippen LogP) is 2.26. The second-order valence-electron chi connectivity index (χ2n) is 4.91. The largest absolute Gasteiger partial charge is 0.481 e. The highest BCUT2D eigenvalue weighted by atomic mass is 16.5. The van der Waals surface area contributed by atoms with Crippen molar-refractivity contribution in [2.75, 3.05) is 12.4 Å². The van der Waals surface area contributed by atoms with Gasteiger partial charge in [0, 0.05) is 25.4 Å². The minimum atomic E-state index is 0.639. The Bertz CT molecular complexity index is 621. The summed E-state index contributed by atoms with van der Waals surface area (Å²) in [5, 5.41) is 7.84. The number of ether oxygens (including phenoxy) is 1. The quantitative estimate of drug-likeness (QED) is 0.883. The monoisotopic (exact) mass is 289 g/mol. The van der Waals surface area contributed by atoms with Gasteiger partial charge < -0.3 is 10.1 Å². The average molecular weight is 289 g/mol. The Kier molecular flexibility index (Phi) is 4.77. The maximum atomic E-state index is 5.44. The van der Waals surface area contributed by atoms with Crippen molar-refractivity contribution in [3.05, 3.63) is 28.8 Å². The van der Waals surface area contributed by atoms with Gasteiger partial charge in [-0.25, -0.2) is 14.6 Å². The molecule has 0 aliphatic rings. The average Bonchev–Trinajstić information content (AvgIpc) is 2.79. The van der Waals surface area contributed by atoms with Crippen molar-refractivity contribution in [1.29, 1.82) is 0 Å². The molecule has 0 aliphatic carbocycles. The Morgan fingerprint density at radius 2 is 2.00 bits per heavy atom. The number of hydrogen-bond donors (Lipinski definition) is 1. The normalized spacial score (nSPS) is 10.7. The Labute approximate surface area is 125 Å². The van der Waals surface area contributed by atoms with Gasteiger partial charge in [-0.2, -0.15) is 5.10 Å². The second-order valence-corrected chi connectivity index (χ2v) is 4.91. The molecule has 0 bridgehead atoms. The Hall–Kier alpha value is -2.11. The third-order valence-corrected chi connectivity index (χ3v) is 3.40. The van der Waals surface area contributed by atoms with Gasteiger partial charge in [-0.1, -0.05) is 13.8 Å². The smallest absolute Gasteiger partial charge is 0.216 e. The first kappa shape index (κ1) is 15.3. The maximum Gasteiger partial charge on any atom is 0.216 e. The third-order valence-electron chi connectivity index (χ3n) is 3.40.